The highest BCUT2D eigenvalue weighted by molar-refractivity contribution is 5.94. The molecule has 0 heterocycles. The second-order valence-electron chi connectivity index (χ2n) is 3.85. The zero-order valence-corrected chi connectivity index (χ0v) is 9.81. The van der Waals surface area contributed by atoms with E-state index in [-0.39, 0.29) is 13.2 Å². The number of ether oxygens (including phenoxy) is 1. The minimum absolute atomic E-state index is 0.0172. The summed E-state index contributed by atoms with van der Waals surface area (Å²) in [4.78, 5) is 0. The van der Waals surface area contributed by atoms with Crippen molar-refractivity contribution in [1.29, 1.82) is 0 Å². The normalized spacial score (nSPS) is 10.7. The Morgan fingerprint density at radius 2 is 1.88 bits per heavy atom. The van der Waals surface area contributed by atoms with Gasteiger partial charge in [-0.3, -0.25) is 0 Å². The van der Waals surface area contributed by atoms with Gasteiger partial charge in [-0.2, -0.15) is 0 Å². The van der Waals surface area contributed by atoms with Crippen LogP contribution in [0, 0.1) is 0 Å². The fraction of sp³-hybridized carbons (Fsp3) is 0.286. The topological polar surface area (TPSA) is 49.7 Å². The first-order valence-electron chi connectivity index (χ1n) is 5.75. The predicted molar refractivity (Wildman–Crippen MR) is 67.6 cm³/mol. The lowest BCUT2D eigenvalue weighted by Crippen LogP contribution is -2.02. The number of fused-ring (bicyclic) bond motifs is 1. The molecule has 0 bridgehead atoms. The van der Waals surface area contributed by atoms with Crippen LogP contribution in [0.1, 0.15) is 12.5 Å². The zero-order chi connectivity index (χ0) is 12.3. The van der Waals surface area contributed by atoms with Gasteiger partial charge in [0.2, 0.25) is 0 Å². The van der Waals surface area contributed by atoms with Gasteiger partial charge in [0.1, 0.15) is 18.1 Å². The van der Waals surface area contributed by atoms with Gasteiger partial charge in [0, 0.05) is 10.8 Å². The van der Waals surface area contributed by atoms with Crippen LogP contribution in [0.3, 0.4) is 0 Å². The van der Waals surface area contributed by atoms with Crippen LogP contribution in [0.4, 0.5) is 0 Å². The molecule has 0 unspecified atom stereocenters. The van der Waals surface area contributed by atoms with Crippen LogP contribution in [0.5, 0.6) is 11.5 Å². The lowest BCUT2D eigenvalue weighted by atomic mass is 10.0. The second kappa shape index (κ2) is 5.06. The van der Waals surface area contributed by atoms with E-state index in [0.717, 1.165) is 22.8 Å². The van der Waals surface area contributed by atoms with Crippen molar-refractivity contribution in [3.05, 3.63) is 35.9 Å². The molecule has 0 saturated heterocycles. The van der Waals surface area contributed by atoms with Gasteiger partial charge >= 0.3 is 0 Å². The molecule has 0 radical (unpaired) electrons. The predicted octanol–water partition coefficient (Wildman–Crippen LogP) is 2.48. The van der Waals surface area contributed by atoms with E-state index in [0.29, 0.717) is 11.5 Å². The van der Waals surface area contributed by atoms with E-state index in [2.05, 4.69) is 0 Å². The smallest absolute Gasteiger partial charge is 0.127 e. The fourth-order valence-corrected chi connectivity index (χ4v) is 1.93. The summed E-state index contributed by atoms with van der Waals surface area (Å²) in [7, 11) is 0. The van der Waals surface area contributed by atoms with Crippen LogP contribution in [0.25, 0.3) is 10.8 Å². The van der Waals surface area contributed by atoms with Gasteiger partial charge in [-0.15, -0.1) is 0 Å². The van der Waals surface area contributed by atoms with Crippen molar-refractivity contribution in [3.8, 4) is 11.5 Å². The maximum Gasteiger partial charge on any atom is 0.127 e. The van der Waals surface area contributed by atoms with Crippen LogP contribution < -0.4 is 4.74 Å². The minimum atomic E-state index is -0.0172. The number of hydrogen-bond donors (Lipinski definition) is 2. The quantitative estimate of drug-likeness (QED) is 0.851. The summed E-state index contributed by atoms with van der Waals surface area (Å²) in [5, 5.41) is 20.6. The molecule has 0 aromatic heterocycles. The Bertz CT molecular complexity index is 520. The molecule has 0 fully saturated rings. The Hall–Kier alpha value is -1.74. The zero-order valence-electron chi connectivity index (χ0n) is 9.81. The molecule has 0 aliphatic carbocycles. The van der Waals surface area contributed by atoms with Crippen molar-refractivity contribution < 1.29 is 14.9 Å². The molecule has 2 aromatic rings. The third-order valence-electron chi connectivity index (χ3n) is 2.79. The molecule has 17 heavy (non-hydrogen) atoms. The molecule has 3 heteroatoms. The van der Waals surface area contributed by atoms with Crippen LogP contribution in [-0.2, 0) is 6.42 Å². The number of hydrogen-bond acceptors (Lipinski definition) is 3. The molecule has 0 saturated carbocycles. The molecular weight excluding hydrogens is 216 g/mol. The molecule has 2 N–H and O–H groups in total. The van der Waals surface area contributed by atoms with Gasteiger partial charge in [0.25, 0.3) is 0 Å². The van der Waals surface area contributed by atoms with Crippen molar-refractivity contribution in [2.24, 2.45) is 0 Å². The highest BCUT2D eigenvalue weighted by Gasteiger charge is 2.10. The molecule has 0 aliphatic rings. The second-order valence-corrected chi connectivity index (χ2v) is 3.85. The number of aliphatic hydroxyl groups excluding tert-OH is 1. The van der Waals surface area contributed by atoms with Crippen LogP contribution in [0.2, 0.25) is 0 Å². The Morgan fingerprint density at radius 1 is 1.18 bits per heavy atom. The summed E-state index contributed by atoms with van der Waals surface area (Å²) < 4.78 is 5.50. The first-order chi connectivity index (χ1) is 8.27. The Labute approximate surface area is 100 Å². The van der Waals surface area contributed by atoms with Gasteiger partial charge < -0.3 is 14.9 Å². The lowest BCUT2D eigenvalue weighted by Gasteiger charge is -2.12. The van der Waals surface area contributed by atoms with Gasteiger partial charge in [-0.1, -0.05) is 31.2 Å². The van der Waals surface area contributed by atoms with E-state index in [1.807, 2.05) is 37.3 Å². The van der Waals surface area contributed by atoms with Crippen molar-refractivity contribution in [1.82, 2.24) is 0 Å². The average Bonchev–Trinajstić information content (AvgIpc) is 2.38. The van der Waals surface area contributed by atoms with E-state index in [1.54, 1.807) is 0 Å². The van der Waals surface area contributed by atoms with Crippen LogP contribution in [0.15, 0.2) is 30.3 Å². The largest absolute Gasteiger partial charge is 0.507 e. The maximum absolute atomic E-state index is 10.1. The van der Waals surface area contributed by atoms with E-state index >= 15 is 0 Å². The third-order valence-corrected chi connectivity index (χ3v) is 2.79. The summed E-state index contributed by atoms with van der Waals surface area (Å²) in [5.41, 5.74) is 0.858. The minimum Gasteiger partial charge on any atom is -0.507 e. The molecule has 2 aromatic carbocycles. The van der Waals surface area contributed by atoms with Gasteiger partial charge in [-0.25, -0.2) is 0 Å². The monoisotopic (exact) mass is 232 g/mol. The number of phenolic OH excluding ortho intramolecular Hbond substituents is 1. The SMILES string of the molecule is CCc1cc(OCCO)c2ccccc2c1O. The average molecular weight is 232 g/mol. The first-order valence-corrected chi connectivity index (χ1v) is 5.75. The molecule has 90 valence electrons. The molecular formula is C14H16O3. The fourth-order valence-electron chi connectivity index (χ4n) is 1.93. The summed E-state index contributed by atoms with van der Waals surface area (Å²) in [6.07, 6.45) is 0.742. The summed E-state index contributed by atoms with van der Waals surface area (Å²) in [6.45, 7) is 2.23. The number of aliphatic hydroxyl groups is 1. The molecule has 2 rings (SSSR count). The Balaban J connectivity index is 2.60. The van der Waals surface area contributed by atoms with Gasteiger partial charge in [0.05, 0.1) is 6.61 Å². The number of phenols is 1. The van der Waals surface area contributed by atoms with Crippen LogP contribution in [-0.4, -0.2) is 23.4 Å². The Kier molecular flexibility index (Phi) is 3.49. The van der Waals surface area contributed by atoms with Crippen molar-refractivity contribution >= 4 is 10.8 Å². The summed E-state index contributed by atoms with van der Waals surface area (Å²) >= 11 is 0. The summed E-state index contributed by atoms with van der Waals surface area (Å²) in [5.74, 6) is 1.03. The van der Waals surface area contributed by atoms with Crippen molar-refractivity contribution in [3.63, 3.8) is 0 Å². The third kappa shape index (κ3) is 2.19. The number of rotatable bonds is 4. The molecule has 0 atom stereocenters. The first kappa shape index (κ1) is 11.7. The summed E-state index contributed by atoms with van der Waals surface area (Å²) in [6, 6.07) is 9.40. The van der Waals surface area contributed by atoms with Crippen molar-refractivity contribution in [2.75, 3.05) is 13.2 Å². The van der Waals surface area contributed by atoms with Gasteiger partial charge in [-0.05, 0) is 18.1 Å². The highest BCUT2D eigenvalue weighted by atomic mass is 16.5. The standard InChI is InChI=1S/C14H16O3/c1-2-10-9-13(17-8-7-15)11-5-3-4-6-12(11)14(10)16/h3-6,9,15-16H,2,7-8H2,1H3. The van der Waals surface area contributed by atoms with E-state index in [1.165, 1.54) is 0 Å². The van der Waals surface area contributed by atoms with Crippen LogP contribution >= 0.6 is 0 Å². The lowest BCUT2D eigenvalue weighted by molar-refractivity contribution is 0.202. The van der Waals surface area contributed by atoms with Gasteiger partial charge in [0.15, 0.2) is 0 Å². The highest BCUT2D eigenvalue weighted by Crippen LogP contribution is 2.36. The van der Waals surface area contributed by atoms with E-state index < -0.39 is 0 Å². The maximum atomic E-state index is 10.1. The number of aromatic hydroxyl groups is 1. The molecule has 0 aliphatic heterocycles. The van der Waals surface area contributed by atoms with E-state index in [4.69, 9.17) is 9.84 Å². The molecule has 0 spiro atoms. The van der Waals surface area contributed by atoms with E-state index in [9.17, 15) is 5.11 Å². The number of aryl methyl sites for hydroxylation is 1. The Morgan fingerprint density at radius 3 is 2.53 bits per heavy atom. The number of benzene rings is 2. The molecule has 0 amide bonds. The van der Waals surface area contributed by atoms with Crippen molar-refractivity contribution in [2.45, 2.75) is 13.3 Å². The molecule has 3 nitrogen and oxygen atoms in total.